The van der Waals surface area contributed by atoms with E-state index in [0.717, 1.165) is 0 Å². The van der Waals surface area contributed by atoms with Crippen LogP contribution in [0, 0.1) is 0 Å². The molecule has 9 nitrogen and oxygen atoms in total. The lowest BCUT2D eigenvalue weighted by molar-refractivity contribution is -0.180. The molecule has 2 unspecified atom stereocenters. The Kier molecular flexibility index (Phi) is 7.14. The minimum atomic E-state index is -2.87. The first-order chi connectivity index (χ1) is 7.31. The van der Waals surface area contributed by atoms with Gasteiger partial charge in [-0.25, -0.2) is 4.18 Å². The summed E-state index contributed by atoms with van der Waals surface area (Å²) in [6, 6.07) is 0. The predicted octanol–water partition coefficient (Wildman–Crippen LogP) is -4.11. The summed E-state index contributed by atoms with van der Waals surface area (Å²) in [5, 5.41) is 53.7. The maximum atomic E-state index is 10.1. The number of hydrogen-bond acceptors (Lipinski definition) is 8. The van der Waals surface area contributed by atoms with Crippen LogP contribution in [0.3, 0.4) is 0 Å². The van der Waals surface area contributed by atoms with E-state index in [2.05, 4.69) is 4.18 Å². The minimum Gasteiger partial charge on any atom is -0.394 e. The summed E-state index contributed by atoms with van der Waals surface area (Å²) in [6.07, 6.45) is -10.1. The van der Waals surface area contributed by atoms with Gasteiger partial charge in [0.2, 0.25) is 6.29 Å². The van der Waals surface area contributed by atoms with Gasteiger partial charge in [-0.15, -0.1) is 0 Å². The first-order valence-electron chi connectivity index (χ1n) is 4.10. The van der Waals surface area contributed by atoms with Gasteiger partial charge in [0.1, 0.15) is 24.4 Å². The van der Waals surface area contributed by atoms with E-state index in [1.807, 2.05) is 0 Å². The second-order valence-electron chi connectivity index (χ2n) is 2.93. The van der Waals surface area contributed by atoms with Gasteiger partial charge < -0.3 is 30.6 Å². The largest absolute Gasteiger partial charge is 0.394 e. The zero-order valence-corrected chi connectivity index (χ0v) is 8.77. The van der Waals surface area contributed by atoms with Gasteiger partial charge in [-0.3, -0.25) is 4.55 Å². The van der Waals surface area contributed by atoms with Crippen molar-refractivity contribution in [2.45, 2.75) is 30.7 Å². The average molecular weight is 262 g/mol. The van der Waals surface area contributed by atoms with Crippen LogP contribution in [-0.2, 0) is 15.5 Å². The third-order valence-electron chi connectivity index (χ3n) is 1.75. The molecule has 0 spiro atoms. The van der Waals surface area contributed by atoms with E-state index in [1.165, 1.54) is 0 Å². The second-order valence-corrected chi connectivity index (χ2v) is 3.55. The van der Waals surface area contributed by atoms with Crippen LogP contribution in [0.5, 0.6) is 0 Å². The monoisotopic (exact) mass is 262 g/mol. The Morgan fingerprint density at radius 3 is 1.88 bits per heavy atom. The molecule has 0 aromatic carbocycles. The molecule has 0 bridgehead atoms. The van der Waals surface area contributed by atoms with Gasteiger partial charge in [-0.05, 0) is 0 Å². The highest BCUT2D eigenvalue weighted by atomic mass is 32.2. The normalized spacial score (nSPS) is 23.2. The number of hydrogen-bond donors (Lipinski definition) is 7. The molecule has 98 valence electrons. The van der Waals surface area contributed by atoms with Gasteiger partial charge in [-0.2, -0.15) is 4.21 Å². The fourth-order valence-electron chi connectivity index (χ4n) is 0.848. The Bertz CT molecular complexity index is 224. The lowest BCUT2D eigenvalue weighted by Crippen LogP contribution is -2.50. The summed E-state index contributed by atoms with van der Waals surface area (Å²) in [6.45, 7) is -0.881. The maximum Gasteiger partial charge on any atom is 0.304 e. The van der Waals surface area contributed by atoms with Crippen molar-refractivity contribution >= 4 is 11.4 Å². The molecule has 0 aromatic heterocycles. The average Bonchev–Trinajstić information content (AvgIpc) is 2.23. The summed E-state index contributed by atoms with van der Waals surface area (Å²) in [4.78, 5) is 0. The summed E-state index contributed by atoms with van der Waals surface area (Å²) in [5.41, 5.74) is 0. The van der Waals surface area contributed by atoms with Gasteiger partial charge in [0.25, 0.3) is 0 Å². The minimum absolute atomic E-state index is 0.881. The molecule has 0 saturated heterocycles. The van der Waals surface area contributed by atoms with Gasteiger partial charge in [0.05, 0.1) is 6.61 Å². The smallest absolute Gasteiger partial charge is 0.304 e. The Labute approximate surface area is 93.0 Å². The Morgan fingerprint density at radius 2 is 1.50 bits per heavy atom. The molecule has 0 amide bonds. The maximum absolute atomic E-state index is 10.1. The van der Waals surface area contributed by atoms with E-state index in [1.54, 1.807) is 0 Å². The highest BCUT2D eigenvalue weighted by Gasteiger charge is 2.35. The molecule has 0 aliphatic carbocycles. The standard InChI is InChI=1S/C6H14O9S/c7-1-2(8)3(9)4(10)5(11)6(12)15-16(13)14/h2-12H,1H2,(H,13,14)/t2-,3-,4+,5+,6?/m1/s1. The molecule has 0 rings (SSSR count). The molecule has 6 atom stereocenters. The Hall–Kier alpha value is -0.170. The van der Waals surface area contributed by atoms with Crippen LogP contribution < -0.4 is 0 Å². The predicted molar refractivity (Wildman–Crippen MR) is 49.0 cm³/mol. The van der Waals surface area contributed by atoms with Crippen molar-refractivity contribution in [2.24, 2.45) is 0 Å². The summed E-state index contributed by atoms with van der Waals surface area (Å²) in [5.74, 6) is 0. The van der Waals surface area contributed by atoms with Crippen LogP contribution in [-0.4, -0.2) is 76.7 Å². The van der Waals surface area contributed by atoms with Gasteiger partial charge in [0.15, 0.2) is 0 Å². The fourth-order valence-corrected chi connectivity index (χ4v) is 1.13. The first kappa shape index (κ1) is 15.8. The van der Waals surface area contributed by atoms with Crippen LogP contribution in [0.1, 0.15) is 0 Å². The van der Waals surface area contributed by atoms with E-state index >= 15 is 0 Å². The van der Waals surface area contributed by atoms with Gasteiger partial charge in [0, 0.05) is 0 Å². The molecule has 0 heterocycles. The zero-order chi connectivity index (χ0) is 12.9. The van der Waals surface area contributed by atoms with Crippen LogP contribution in [0.2, 0.25) is 0 Å². The topological polar surface area (TPSA) is 168 Å². The molecule has 0 saturated carbocycles. The van der Waals surface area contributed by atoms with Gasteiger partial charge >= 0.3 is 11.4 Å². The van der Waals surface area contributed by atoms with E-state index < -0.39 is 48.7 Å². The van der Waals surface area contributed by atoms with Crippen molar-refractivity contribution in [3.8, 4) is 0 Å². The van der Waals surface area contributed by atoms with Crippen molar-refractivity contribution in [1.29, 1.82) is 0 Å². The van der Waals surface area contributed by atoms with Crippen molar-refractivity contribution in [2.75, 3.05) is 6.61 Å². The quantitative estimate of drug-likeness (QED) is 0.178. The van der Waals surface area contributed by atoms with Crippen molar-refractivity contribution in [1.82, 2.24) is 0 Å². The van der Waals surface area contributed by atoms with Gasteiger partial charge in [-0.1, -0.05) is 0 Å². The van der Waals surface area contributed by atoms with Crippen molar-refractivity contribution in [3.63, 3.8) is 0 Å². The van der Waals surface area contributed by atoms with E-state index in [-0.39, 0.29) is 0 Å². The van der Waals surface area contributed by atoms with Crippen LogP contribution >= 0.6 is 0 Å². The summed E-state index contributed by atoms with van der Waals surface area (Å²) in [7, 11) is 0. The molecule has 0 aliphatic heterocycles. The molecule has 7 N–H and O–H groups in total. The summed E-state index contributed by atoms with van der Waals surface area (Å²) >= 11 is -2.87. The van der Waals surface area contributed by atoms with E-state index in [0.29, 0.717) is 0 Å². The highest BCUT2D eigenvalue weighted by molar-refractivity contribution is 7.74. The molecule has 0 fully saturated rings. The Balaban J connectivity index is 4.35. The van der Waals surface area contributed by atoms with E-state index in [9.17, 15) is 9.32 Å². The zero-order valence-electron chi connectivity index (χ0n) is 7.95. The molecule has 16 heavy (non-hydrogen) atoms. The molecular weight excluding hydrogens is 248 g/mol. The third kappa shape index (κ3) is 4.78. The number of rotatable bonds is 7. The molecule has 0 aliphatic rings. The summed E-state index contributed by atoms with van der Waals surface area (Å²) < 4.78 is 22.1. The first-order valence-corrected chi connectivity index (χ1v) is 5.13. The Morgan fingerprint density at radius 1 is 1.00 bits per heavy atom. The van der Waals surface area contributed by atoms with Crippen LogP contribution in [0.4, 0.5) is 0 Å². The molecular formula is C6H14O9S. The SMILES string of the molecule is O=S(O)OC(O)[C@@H](O)[C@@H](O)[C@H](O)[C@H](O)CO. The molecule has 0 aromatic rings. The van der Waals surface area contributed by atoms with Crippen LogP contribution in [0.25, 0.3) is 0 Å². The highest BCUT2D eigenvalue weighted by Crippen LogP contribution is 2.09. The fraction of sp³-hybridized carbons (Fsp3) is 1.00. The molecule has 0 radical (unpaired) electrons. The van der Waals surface area contributed by atoms with Crippen molar-refractivity contribution < 1.29 is 43.6 Å². The lowest BCUT2D eigenvalue weighted by Gasteiger charge is -2.27. The van der Waals surface area contributed by atoms with Crippen molar-refractivity contribution in [3.05, 3.63) is 0 Å². The second kappa shape index (κ2) is 7.21. The van der Waals surface area contributed by atoms with Crippen LogP contribution in [0.15, 0.2) is 0 Å². The lowest BCUT2D eigenvalue weighted by atomic mass is 10.0. The number of aliphatic hydroxyl groups excluding tert-OH is 6. The van der Waals surface area contributed by atoms with E-state index in [4.69, 9.17) is 30.1 Å². The molecule has 10 heteroatoms. The number of aliphatic hydroxyl groups is 6. The third-order valence-corrected chi connectivity index (χ3v) is 2.12.